The Balaban J connectivity index is 1.56. The summed E-state index contributed by atoms with van der Waals surface area (Å²) in [6.45, 7) is 3.86. The van der Waals surface area contributed by atoms with Gasteiger partial charge in [0.1, 0.15) is 5.75 Å². The third-order valence-corrected chi connectivity index (χ3v) is 5.56. The number of benzene rings is 2. The summed E-state index contributed by atoms with van der Waals surface area (Å²) in [6.07, 6.45) is 0.931. The summed E-state index contributed by atoms with van der Waals surface area (Å²) in [5.41, 5.74) is 4.86. The van der Waals surface area contributed by atoms with Crippen LogP contribution in [-0.2, 0) is 19.5 Å². The van der Waals surface area contributed by atoms with Gasteiger partial charge in [0.05, 0.1) is 13.7 Å². The van der Waals surface area contributed by atoms with Crippen molar-refractivity contribution >= 4 is 11.6 Å². The largest absolute Gasteiger partial charge is 0.497 e. The maximum atomic E-state index is 13.3. The number of ether oxygens (including phenoxy) is 1. The molecule has 0 bridgehead atoms. The first kappa shape index (κ1) is 18.4. The topological polar surface area (TPSA) is 64.7 Å². The molecule has 0 amide bonds. The van der Waals surface area contributed by atoms with Crippen LogP contribution in [0.15, 0.2) is 59.4 Å². The molecular formula is C23H23N5O2. The summed E-state index contributed by atoms with van der Waals surface area (Å²) < 4.78 is 8.41. The Bertz CT molecular complexity index is 1290. The highest BCUT2D eigenvalue weighted by molar-refractivity contribution is 5.49. The molecule has 0 N–H and O–H groups in total. The van der Waals surface area contributed by atoms with Crippen molar-refractivity contribution in [2.24, 2.45) is 0 Å². The van der Waals surface area contributed by atoms with E-state index in [0.29, 0.717) is 18.1 Å². The maximum absolute atomic E-state index is 13.3. The zero-order valence-electron chi connectivity index (χ0n) is 17.1. The van der Waals surface area contributed by atoms with Gasteiger partial charge in [0.15, 0.2) is 5.65 Å². The fourth-order valence-corrected chi connectivity index (χ4v) is 4.06. The Morgan fingerprint density at radius 3 is 2.73 bits per heavy atom. The lowest BCUT2D eigenvalue weighted by Crippen LogP contribution is -2.35. The minimum Gasteiger partial charge on any atom is -0.497 e. The molecule has 152 valence electrons. The lowest BCUT2D eigenvalue weighted by molar-refractivity contribution is 0.414. The molecule has 30 heavy (non-hydrogen) atoms. The highest BCUT2D eigenvalue weighted by Gasteiger charge is 2.22. The van der Waals surface area contributed by atoms with E-state index in [-0.39, 0.29) is 5.69 Å². The number of aryl methyl sites for hydroxylation is 1. The minimum atomic E-state index is -0.186. The smallest absolute Gasteiger partial charge is 0.353 e. The van der Waals surface area contributed by atoms with Gasteiger partial charge in [0.25, 0.3) is 0 Å². The molecule has 0 aliphatic carbocycles. The molecule has 7 nitrogen and oxygen atoms in total. The summed E-state index contributed by atoms with van der Waals surface area (Å²) in [6, 6.07) is 18.0. The quantitative estimate of drug-likeness (QED) is 0.526. The van der Waals surface area contributed by atoms with E-state index in [0.717, 1.165) is 36.5 Å². The van der Waals surface area contributed by atoms with Crippen molar-refractivity contribution in [1.82, 2.24) is 19.2 Å². The number of hydrogen-bond donors (Lipinski definition) is 0. The maximum Gasteiger partial charge on any atom is 0.353 e. The van der Waals surface area contributed by atoms with E-state index in [1.54, 1.807) is 11.5 Å². The van der Waals surface area contributed by atoms with Gasteiger partial charge in [0.2, 0.25) is 5.95 Å². The second-order valence-corrected chi connectivity index (χ2v) is 7.62. The Hall–Kier alpha value is -3.61. The van der Waals surface area contributed by atoms with Crippen LogP contribution in [0.2, 0.25) is 0 Å². The first-order valence-corrected chi connectivity index (χ1v) is 10.0. The third-order valence-electron chi connectivity index (χ3n) is 5.56. The van der Waals surface area contributed by atoms with Gasteiger partial charge in [-0.3, -0.25) is 0 Å². The predicted octanol–water partition coefficient (Wildman–Crippen LogP) is 2.82. The first-order valence-electron chi connectivity index (χ1n) is 10.0. The van der Waals surface area contributed by atoms with Gasteiger partial charge >= 0.3 is 5.69 Å². The molecule has 0 spiro atoms. The van der Waals surface area contributed by atoms with Crippen LogP contribution in [0.3, 0.4) is 0 Å². The van der Waals surface area contributed by atoms with Crippen molar-refractivity contribution < 1.29 is 4.74 Å². The molecule has 0 unspecified atom stereocenters. The summed E-state index contributed by atoms with van der Waals surface area (Å²) >= 11 is 0. The second-order valence-electron chi connectivity index (χ2n) is 7.62. The summed E-state index contributed by atoms with van der Waals surface area (Å²) in [5.74, 6) is 1.41. The average Bonchev–Trinajstić information content (AvgIpc) is 3.07. The molecule has 1 aliphatic heterocycles. The Labute approximate surface area is 174 Å². The Morgan fingerprint density at radius 1 is 1.07 bits per heavy atom. The van der Waals surface area contributed by atoms with E-state index >= 15 is 0 Å². The molecular weight excluding hydrogens is 378 g/mol. The summed E-state index contributed by atoms with van der Waals surface area (Å²) in [5, 5.41) is 4.58. The van der Waals surface area contributed by atoms with Gasteiger partial charge in [-0.1, -0.05) is 36.4 Å². The summed E-state index contributed by atoms with van der Waals surface area (Å²) in [7, 11) is 1.63. The van der Waals surface area contributed by atoms with Crippen molar-refractivity contribution in [2.45, 2.75) is 26.4 Å². The third kappa shape index (κ3) is 3.22. The number of methoxy groups -OCH3 is 1. The second kappa shape index (κ2) is 7.33. The molecule has 0 saturated heterocycles. The standard InChI is InChI=1S/C23H23N5O2/c1-16-12-21-25-27(14-17-6-5-9-20(13-17)30-2)23(29)28(21)22(24-16)26-11-10-18-7-3-4-8-19(18)15-26/h3-9,12-13H,10-11,14-15H2,1-2H3. The average molecular weight is 401 g/mol. The molecule has 0 atom stereocenters. The lowest BCUT2D eigenvalue weighted by Gasteiger charge is -2.29. The van der Waals surface area contributed by atoms with E-state index < -0.39 is 0 Å². The monoisotopic (exact) mass is 401 g/mol. The molecule has 4 aromatic rings. The van der Waals surface area contributed by atoms with Gasteiger partial charge in [-0.05, 0) is 42.2 Å². The van der Waals surface area contributed by atoms with Crippen LogP contribution >= 0.6 is 0 Å². The normalized spacial score (nSPS) is 13.5. The number of aromatic nitrogens is 4. The molecule has 5 rings (SSSR count). The van der Waals surface area contributed by atoms with Crippen LogP contribution in [0, 0.1) is 6.92 Å². The molecule has 0 saturated carbocycles. The van der Waals surface area contributed by atoms with Crippen molar-refractivity contribution in [3.8, 4) is 5.75 Å². The number of rotatable bonds is 4. The van der Waals surface area contributed by atoms with Crippen LogP contribution in [0.4, 0.5) is 5.95 Å². The van der Waals surface area contributed by atoms with Crippen molar-refractivity contribution in [3.63, 3.8) is 0 Å². The Morgan fingerprint density at radius 2 is 1.90 bits per heavy atom. The fraction of sp³-hybridized carbons (Fsp3) is 0.261. The van der Waals surface area contributed by atoms with Crippen LogP contribution in [-0.4, -0.2) is 32.8 Å². The van der Waals surface area contributed by atoms with Gasteiger partial charge in [-0.15, -0.1) is 5.10 Å². The number of fused-ring (bicyclic) bond motifs is 2. The van der Waals surface area contributed by atoms with Gasteiger partial charge < -0.3 is 9.64 Å². The number of hydrogen-bond acceptors (Lipinski definition) is 5. The molecule has 2 aromatic carbocycles. The Kier molecular flexibility index (Phi) is 4.50. The zero-order chi connectivity index (χ0) is 20.7. The molecule has 0 fully saturated rings. The SMILES string of the molecule is COc1cccc(Cn2nc3cc(C)nc(N4CCc5ccccc5C4)n3c2=O)c1. The van der Waals surface area contributed by atoms with Gasteiger partial charge in [-0.2, -0.15) is 0 Å². The number of anilines is 1. The molecule has 3 heterocycles. The van der Waals surface area contributed by atoms with Crippen LogP contribution in [0.5, 0.6) is 5.75 Å². The van der Waals surface area contributed by atoms with E-state index in [9.17, 15) is 4.79 Å². The lowest BCUT2D eigenvalue weighted by atomic mass is 10.0. The zero-order valence-corrected chi connectivity index (χ0v) is 17.1. The molecule has 2 aromatic heterocycles. The van der Waals surface area contributed by atoms with E-state index in [1.165, 1.54) is 15.8 Å². The predicted molar refractivity (Wildman–Crippen MR) is 115 cm³/mol. The highest BCUT2D eigenvalue weighted by atomic mass is 16.5. The molecule has 1 aliphatic rings. The van der Waals surface area contributed by atoms with Crippen LogP contribution in [0.1, 0.15) is 22.4 Å². The van der Waals surface area contributed by atoms with Gasteiger partial charge in [-0.25, -0.2) is 18.9 Å². The first-order chi connectivity index (χ1) is 14.6. The fourth-order valence-electron chi connectivity index (χ4n) is 4.06. The van der Waals surface area contributed by atoms with Crippen molar-refractivity contribution in [1.29, 1.82) is 0 Å². The van der Waals surface area contributed by atoms with Crippen molar-refractivity contribution in [3.05, 3.63) is 87.5 Å². The number of nitrogens with zero attached hydrogens (tertiary/aromatic N) is 5. The highest BCUT2D eigenvalue weighted by Crippen LogP contribution is 2.23. The van der Waals surface area contributed by atoms with E-state index in [4.69, 9.17) is 9.72 Å². The van der Waals surface area contributed by atoms with Crippen LogP contribution in [0.25, 0.3) is 5.65 Å². The van der Waals surface area contributed by atoms with E-state index in [1.807, 2.05) is 37.3 Å². The summed E-state index contributed by atoms with van der Waals surface area (Å²) in [4.78, 5) is 20.2. The van der Waals surface area contributed by atoms with Crippen LogP contribution < -0.4 is 15.3 Å². The molecule has 0 radical (unpaired) electrons. The minimum absolute atomic E-state index is 0.186. The van der Waals surface area contributed by atoms with E-state index in [2.05, 4.69) is 34.3 Å². The molecule has 7 heteroatoms. The van der Waals surface area contributed by atoms with Gasteiger partial charge in [0, 0.05) is 24.8 Å². The van der Waals surface area contributed by atoms with Crippen molar-refractivity contribution in [2.75, 3.05) is 18.6 Å².